The van der Waals surface area contributed by atoms with E-state index in [0.717, 1.165) is 30.8 Å². The van der Waals surface area contributed by atoms with Crippen molar-refractivity contribution in [1.29, 1.82) is 0 Å². The van der Waals surface area contributed by atoms with E-state index in [1.165, 1.54) is 10.4 Å². The van der Waals surface area contributed by atoms with Crippen LogP contribution in [0.15, 0.2) is 29.6 Å². The van der Waals surface area contributed by atoms with Crippen LogP contribution in [0.3, 0.4) is 0 Å². The van der Waals surface area contributed by atoms with Crippen LogP contribution in [-0.2, 0) is 13.0 Å². The Morgan fingerprint density at radius 1 is 1.37 bits per heavy atom. The maximum Gasteiger partial charge on any atom is 0.105 e. The van der Waals surface area contributed by atoms with E-state index in [4.69, 9.17) is 29.6 Å². The third kappa shape index (κ3) is 2.48. The van der Waals surface area contributed by atoms with Crippen molar-refractivity contribution >= 4 is 45.8 Å². The number of rotatable bonds is 2. The third-order valence-electron chi connectivity index (χ3n) is 3.39. The van der Waals surface area contributed by atoms with Gasteiger partial charge >= 0.3 is 0 Å². The summed E-state index contributed by atoms with van der Waals surface area (Å²) in [5.74, 6) is 0. The van der Waals surface area contributed by atoms with Crippen molar-refractivity contribution in [2.45, 2.75) is 13.0 Å². The largest absolute Gasteiger partial charge is 0.389 e. The molecule has 1 aliphatic heterocycles. The summed E-state index contributed by atoms with van der Waals surface area (Å²) in [7, 11) is 0. The van der Waals surface area contributed by atoms with Crippen molar-refractivity contribution in [3.05, 3.63) is 50.7 Å². The van der Waals surface area contributed by atoms with Gasteiger partial charge in [0.15, 0.2) is 0 Å². The summed E-state index contributed by atoms with van der Waals surface area (Å²) in [5.41, 5.74) is 8.92. The third-order valence-corrected chi connectivity index (χ3v) is 4.95. The lowest BCUT2D eigenvalue weighted by molar-refractivity contribution is 0.744. The number of thiocarbonyl (C=S) groups is 1. The number of nitrogens with two attached hydrogens (primary N) is 1. The highest BCUT2D eigenvalue weighted by molar-refractivity contribution is 7.80. The number of hydrogen-bond acceptors (Lipinski definition) is 3. The summed E-state index contributed by atoms with van der Waals surface area (Å²) in [6.45, 7) is 1.97. The molecule has 0 radical (unpaired) electrons. The Balaban J connectivity index is 1.88. The van der Waals surface area contributed by atoms with Crippen molar-refractivity contribution in [3.63, 3.8) is 0 Å². The standard InChI is InChI=1S/C14H13ClN2S2/c15-12-7-10(1-2-11(12)14(16)18)17-5-3-13-9(8-17)4-6-19-13/h1-2,4,6-7H,3,5,8H2,(H2,16,18). The van der Waals surface area contributed by atoms with Crippen molar-refractivity contribution in [3.8, 4) is 0 Å². The number of halogens is 1. The Morgan fingerprint density at radius 2 is 2.21 bits per heavy atom. The molecule has 1 aromatic carbocycles. The lowest BCUT2D eigenvalue weighted by atomic mass is 10.1. The highest BCUT2D eigenvalue weighted by Gasteiger charge is 2.18. The molecule has 2 N–H and O–H groups in total. The first-order valence-electron chi connectivity index (χ1n) is 6.04. The molecule has 1 aliphatic rings. The zero-order valence-electron chi connectivity index (χ0n) is 10.2. The van der Waals surface area contributed by atoms with Gasteiger partial charge in [0.05, 0.1) is 5.02 Å². The van der Waals surface area contributed by atoms with E-state index in [-0.39, 0.29) is 0 Å². The summed E-state index contributed by atoms with van der Waals surface area (Å²) in [6.07, 6.45) is 1.10. The number of thiophene rings is 1. The first-order chi connectivity index (χ1) is 9.15. The minimum absolute atomic E-state index is 0.343. The van der Waals surface area contributed by atoms with E-state index in [9.17, 15) is 0 Å². The van der Waals surface area contributed by atoms with Crippen LogP contribution in [0.5, 0.6) is 0 Å². The van der Waals surface area contributed by atoms with Crippen molar-refractivity contribution < 1.29 is 0 Å². The van der Waals surface area contributed by atoms with Gasteiger partial charge in [-0.25, -0.2) is 0 Å². The Morgan fingerprint density at radius 3 is 2.95 bits per heavy atom. The van der Waals surface area contributed by atoms with E-state index in [0.29, 0.717) is 10.0 Å². The highest BCUT2D eigenvalue weighted by Crippen LogP contribution is 2.30. The second kappa shape index (κ2) is 5.12. The van der Waals surface area contributed by atoms with Crippen molar-refractivity contribution in [2.24, 2.45) is 5.73 Å². The van der Waals surface area contributed by atoms with Gasteiger partial charge in [-0.05, 0) is 41.6 Å². The first-order valence-corrected chi connectivity index (χ1v) is 7.71. The van der Waals surface area contributed by atoms with Gasteiger partial charge in [0.2, 0.25) is 0 Å². The Kier molecular flexibility index (Phi) is 3.48. The Hall–Kier alpha value is -1.10. The molecule has 0 aliphatic carbocycles. The molecule has 2 aromatic rings. The van der Waals surface area contributed by atoms with Crippen LogP contribution in [0.4, 0.5) is 5.69 Å². The minimum Gasteiger partial charge on any atom is -0.389 e. The smallest absolute Gasteiger partial charge is 0.105 e. The molecule has 2 nitrogen and oxygen atoms in total. The fourth-order valence-corrected chi connectivity index (χ4v) is 3.77. The molecular formula is C14H13ClN2S2. The van der Waals surface area contributed by atoms with Crippen LogP contribution < -0.4 is 10.6 Å². The summed E-state index contributed by atoms with van der Waals surface area (Å²) in [6, 6.07) is 8.10. The van der Waals surface area contributed by atoms with Gasteiger partial charge in [-0.3, -0.25) is 0 Å². The predicted molar refractivity (Wildman–Crippen MR) is 86.4 cm³/mol. The molecule has 0 bridgehead atoms. The lowest BCUT2D eigenvalue weighted by Gasteiger charge is -2.29. The normalized spacial score (nSPS) is 14.3. The molecule has 19 heavy (non-hydrogen) atoms. The van der Waals surface area contributed by atoms with Gasteiger partial charge in [0.1, 0.15) is 4.99 Å². The minimum atomic E-state index is 0.343. The molecule has 2 heterocycles. The fourth-order valence-electron chi connectivity index (χ4n) is 2.37. The van der Waals surface area contributed by atoms with Gasteiger partial charge in [-0.15, -0.1) is 11.3 Å². The molecule has 0 fully saturated rings. The molecule has 0 saturated heterocycles. The topological polar surface area (TPSA) is 29.3 Å². The number of anilines is 1. The summed E-state index contributed by atoms with van der Waals surface area (Å²) in [5, 5.41) is 2.79. The van der Waals surface area contributed by atoms with Crippen LogP contribution in [0.1, 0.15) is 16.0 Å². The average molecular weight is 309 g/mol. The van der Waals surface area contributed by atoms with Crippen LogP contribution in [0.25, 0.3) is 0 Å². The first kappa shape index (κ1) is 12.9. The van der Waals surface area contributed by atoms with Gasteiger partial charge in [-0.1, -0.05) is 23.8 Å². The van der Waals surface area contributed by atoms with E-state index < -0.39 is 0 Å². The van der Waals surface area contributed by atoms with Crippen molar-refractivity contribution in [2.75, 3.05) is 11.4 Å². The molecule has 0 spiro atoms. The molecule has 1 aromatic heterocycles. The van der Waals surface area contributed by atoms with Crippen LogP contribution >= 0.6 is 35.2 Å². The van der Waals surface area contributed by atoms with Crippen LogP contribution in [0, 0.1) is 0 Å². The summed E-state index contributed by atoms with van der Waals surface area (Å²) in [4.78, 5) is 4.18. The van der Waals surface area contributed by atoms with Gasteiger partial charge in [-0.2, -0.15) is 0 Å². The molecule has 0 amide bonds. The molecule has 5 heteroatoms. The molecule has 3 rings (SSSR count). The SMILES string of the molecule is NC(=S)c1ccc(N2CCc3sccc3C2)cc1Cl. The molecular weight excluding hydrogens is 296 g/mol. The van der Waals surface area contributed by atoms with Gasteiger partial charge in [0.25, 0.3) is 0 Å². The molecule has 0 saturated carbocycles. The predicted octanol–water partition coefficient (Wildman–Crippen LogP) is 3.60. The number of fused-ring (bicyclic) bond motifs is 1. The quantitative estimate of drug-likeness (QED) is 0.860. The summed E-state index contributed by atoms with van der Waals surface area (Å²) < 4.78 is 0. The zero-order valence-corrected chi connectivity index (χ0v) is 12.6. The molecule has 0 atom stereocenters. The zero-order chi connectivity index (χ0) is 13.4. The summed E-state index contributed by atoms with van der Waals surface area (Å²) >= 11 is 13.0. The number of benzene rings is 1. The number of hydrogen-bond donors (Lipinski definition) is 1. The van der Waals surface area contributed by atoms with E-state index >= 15 is 0 Å². The van der Waals surface area contributed by atoms with Crippen molar-refractivity contribution in [1.82, 2.24) is 0 Å². The maximum absolute atomic E-state index is 6.23. The lowest BCUT2D eigenvalue weighted by Crippen LogP contribution is -2.29. The van der Waals surface area contributed by atoms with E-state index in [1.54, 1.807) is 0 Å². The molecule has 98 valence electrons. The monoisotopic (exact) mass is 308 g/mol. The number of nitrogens with zero attached hydrogens (tertiary/aromatic N) is 1. The Labute approximate surface area is 126 Å². The Bertz CT molecular complexity index is 636. The fraction of sp³-hybridized carbons (Fsp3) is 0.214. The highest BCUT2D eigenvalue weighted by atomic mass is 35.5. The van der Waals surface area contributed by atoms with E-state index in [2.05, 4.69) is 16.3 Å². The van der Waals surface area contributed by atoms with Gasteiger partial charge in [0, 0.05) is 29.2 Å². The van der Waals surface area contributed by atoms with E-state index in [1.807, 2.05) is 29.5 Å². The van der Waals surface area contributed by atoms with Gasteiger partial charge < -0.3 is 10.6 Å². The molecule has 0 unspecified atom stereocenters. The maximum atomic E-state index is 6.23. The average Bonchev–Trinajstić information content (AvgIpc) is 2.85. The second-order valence-corrected chi connectivity index (χ2v) is 6.42. The second-order valence-electron chi connectivity index (χ2n) is 4.57. The van der Waals surface area contributed by atoms with Crippen LogP contribution in [0.2, 0.25) is 5.02 Å². The van der Waals surface area contributed by atoms with Crippen LogP contribution in [-0.4, -0.2) is 11.5 Å².